The molecule has 6 heteroatoms. The summed E-state index contributed by atoms with van der Waals surface area (Å²) in [6.45, 7) is 1.55. The molecule has 0 radical (unpaired) electrons. The molecule has 1 amide bonds. The average Bonchev–Trinajstić information content (AvgIpc) is 3.05. The normalized spacial score (nSPS) is 13.6. The molecule has 0 N–H and O–H groups in total. The number of benzene rings is 2. The van der Waals surface area contributed by atoms with Crippen molar-refractivity contribution in [3.05, 3.63) is 72.3 Å². The number of carbonyl (C=O) groups is 1. The third-order valence-corrected chi connectivity index (χ3v) is 4.40. The van der Waals surface area contributed by atoms with Crippen LogP contribution < -0.4 is 0 Å². The molecule has 0 unspecified atom stereocenters. The summed E-state index contributed by atoms with van der Waals surface area (Å²) in [6, 6.07) is 11.1. The van der Waals surface area contributed by atoms with Crippen molar-refractivity contribution in [2.45, 2.75) is 6.42 Å². The van der Waals surface area contributed by atoms with Crippen molar-refractivity contribution in [2.24, 2.45) is 0 Å². The van der Waals surface area contributed by atoms with E-state index in [-0.39, 0.29) is 5.91 Å². The van der Waals surface area contributed by atoms with Gasteiger partial charge in [0.15, 0.2) is 11.6 Å². The van der Waals surface area contributed by atoms with E-state index in [1.54, 1.807) is 34.1 Å². The van der Waals surface area contributed by atoms with Gasteiger partial charge in [-0.2, -0.15) is 0 Å². The number of hydrogen-bond acceptors (Lipinski definition) is 2. The SMILES string of the molecule is O=C(c1cncn1-c1ccc(-c2ccc(F)c(F)c2)cc1)N1CCC1. The van der Waals surface area contributed by atoms with Crippen molar-refractivity contribution in [3.63, 3.8) is 0 Å². The zero-order valence-corrected chi connectivity index (χ0v) is 13.3. The molecular weight excluding hydrogens is 324 g/mol. The van der Waals surface area contributed by atoms with Gasteiger partial charge in [-0.25, -0.2) is 13.8 Å². The van der Waals surface area contributed by atoms with Crippen molar-refractivity contribution < 1.29 is 13.6 Å². The van der Waals surface area contributed by atoms with E-state index in [0.29, 0.717) is 11.3 Å². The lowest BCUT2D eigenvalue weighted by Crippen LogP contribution is -2.42. The molecule has 0 saturated carbocycles. The van der Waals surface area contributed by atoms with Crippen LogP contribution in [-0.4, -0.2) is 33.4 Å². The highest BCUT2D eigenvalue weighted by molar-refractivity contribution is 5.93. The lowest BCUT2D eigenvalue weighted by Gasteiger charge is -2.30. The van der Waals surface area contributed by atoms with Gasteiger partial charge in [0, 0.05) is 18.8 Å². The molecule has 1 aliphatic heterocycles. The zero-order valence-electron chi connectivity index (χ0n) is 13.3. The van der Waals surface area contributed by atoms with E-state index in [0.717, 1.165) is 36.8 Å². The fourth-order valence-electron chi connectivity index (χ4n) is 2.83. The van der Waals surface area contributed by atoms with Gasteiger partial charge in [0.1, 0.15) is 5.69 Å². The van der Waals surface area contributed by atoms with Gasteiger partial charge in [0.25, 0.3) is 5.91 Å². The third-order valence-electron chi connectivity index (χ3n) is 4.40. The highest BCUT2D eigenvalue weighted by Crippen LogP contribution is 2.24. The van der Waals surface area contributed by atoms with Gasteiger partial charge < -0.3 is 4.90 Å². The predicted molar refractivity (Wildman–Crippen MR) is 89.4 cm³/mol. The van der Waals surface area contributed by atoms with Crippen molar-refractivity contribution in [3.8, 4) is 16.8 Å². The van der Waals surface area contributed by atoms with E-state index < -0.39 is 11.6 Å². The van der Waals surface area contributed by atoms with E-state index >= 15 is 0 Å². The van der Waals surface area contributed by atoms with Crippen molar-refractivity contribution in [1.29, 1.82) is 0 Å². The Balaban J connectivity index is 1.63. The van der Waals surface area contributed by atoms with E-state index in [4.69, 9.17) is 0 Å². The Morgan fingerprint density at radius 3 is 2.32 bits per heavy atom. The minimum atomic E-state index is -0.876. The number of nitrogens with zero attached hydrogens (tertiary/aromatic N) is 3. The molecule has 25 heavy (non-hydrogen) atoms. The van der Waals surface area contributed by atoms with Crippen LogP contribution in [0, 0.1) is 11.6 Å². The maximum Gasteiger partial charge on any atom is 0.272 e. The largest absolute Gasteiger partial charge is 0.337 e. The Kier molecular flexibility index (Phi) is 3.80. The zero-order chi connectivity index (χ0) is 17.4. The number of rotatable bonds is 3. The summed E-state index contributed by atoms with van der Waals surface area (Å²) in [7, 11) is 0. The Morgan fingerprint density at radius 2 is 1.68 bits per heavy atom. The Morgan fingerprint density at radius 1 is 0.960 bits per heavy atom. The smallest absolute Gasteiger partial charge is 0.272 e. The molecule has 126 valence electrons. The molecule has 0 spiro atoms. The summed E-state index contributed by atoms with van der Waals surface area (Å²) in [6.07, 6.45) is 4.19. The summed E-state index contributed by atoms with van der Waals surface area (Å²) < 4.78 is 28.2. The molecule has 0 bridgehead atoms. The van der Waals surface area contributed by atoms with Crippen LogP contribution >= 0.6 is 0 Å². The van der Waals surface area contributed by atoms with Gasteiger partial charge in [-0.3, -0.25) is 9.36 Å². The maximum absolute atomic E-state index is 13.4. The predicted octanol–water partition coefficient (Wildman–Crippen LogP) is 3.66. The number of hydrogen-bond donors (Lipinski definition) is 0. The van der Waals surface area contributed by atoms with Crippen molar-refractivity contribution in [2.75, 3.05) is 13.1 Å². The Hall–Kier alpha value is -3.02. The van der Waals surface area contributed by atoms with Crippen LogP contribution in [-0.2, 0) is 0 Å². The lowest BCUT2D eigenvalue weighted by atomic mass is 10.1. The summed E-state index contributed by atoms with van der Waals surface area (Å²) in [5.41, 5.74) is 2.65. The Bertz CT molecular complexity index is 930. The van der Waals surface area contributed by atoms with Crippen LogP contribution in [0.3, 0.4) is 0 Å². The average molecular weight is 339 g/mol. The quantitative estimate of drug-likeness (QED) is 0.730. The van der Waals surface area contributed by atoms with E-state index in [2.05, 4.69) is 4.98 Å². The van der Waals surface area contributed by atoms with Gasteiger partial charge in [0.2, 0.25) is 0 Å². The molecule has 2 heterocycles. The highest BCUT2D eigenvalue weighted by atomic mass is 19.2. The van der Waals surface area contributed by atoms with Gasteiger partial charge >= 0.3 is 0 Å². The van der Waals surface area contributed by atoms with Crippen LogP contribution in [0.5, 0.6) is 0 Å². The first kappa shape index (κ1) is 15.5. The molecular formula is C19H15F2N3O. The first-order chi connectivity index (χ1) is 12.1. The monoisotopic (exact) mass is 339 g/mol. The molecule has 0 aliphatic carbocycles. The minimum Gasteiger partial charge on any atom is -0.337 e. The van der Waals surface area contributed by atoms with Crippen molar-refractivity contribution in [1.82, 2.24) is 14.5 Å². The molecule has 4 rings (SSSR count). The van der Waals surface area contributed by atoms with Gasteiger partial charge in [-0.05, 0) is 41.8 Å². The summed E-state index contributed by atoms with van der Waals surface area (Å²) in [4.78, 5) is 18.3. The number of halogens is 2. The summed E-state index contributed by atoms with van der Waals surface area (Å²) in [5.74, 6) is -1.78. The number of imidazole rings is 1. The second kappa shape index (κ2) is 6.12. The van der Waals surface area contributed by atoms with Crippen LogP contribution in [0.4, 0.5) is 8.78 Å². The minimum absolute atomic E-state index is 0.0339. The Labute approximate surface area is 143 Å². The molecule has 3 aromatic rings. The maximum atomic E-state index is 13.4. The van der Waals surface area contributed by atoms with Gasteiger partial charge in [-0.1, -0.05) is 18.2 Å². The third kappa shape index (κ3) is 2.80. The lowest BCUT2D eigenvalue weighted by molar-refractivity contribution is 0.0643. The van der Waals surface area contributed by atoms with Crippen LogP contribution in [0.15, 0.2) is 55.0 Å². The topological polar surface area (TPSA) is 38.1 Å². The second-order valence-electron chi connectivity index (χ2n) is 5.97. The second-order valence-corrected chi connectivity index (χ2v) is 5.97. The summed E-state index contributed by atoms with van der Waals surface area (Å²) in [5, 5.41) is 0. The standard InChI is InChI=1S/C19H15F2N3O/c20-16-7-4-14(10-17(16)21)13-2-5-15(6-3-13)24-12-22-11-18(24)19(25)23-8-1-9-23/h2-7,10-12H,1,8-9H2. The number of carbonyl (C=O) groups excluding carboxylic acids is 1. The van der Waals surface area contributed by atoms with E-state index in [9.17, 15) is 13.6 Å². The van der Waals surface area contributed by atoms with Crippen LogP contribution in [0.1, 0.15) is 16.9 Å². The molecule has 0 atom stereocenters. The molecule has 1 aliphatic rings. The van der Waals surface area contributed by atoms with Gasteiger partial charge in [-0.15, -0.1) is 0 Å². The fraction of sp³-hybridized carbons (Fsp3) is 0.158. The number of aromatic nitrogens is 2. The molecule has 2 aromatic carbocycles. The van der Waals surface area contributed by atoms with E-state index in [1.807, 2.05) is 12.1 Å². The first-order valence-corrected chi connectivity index (χ1v) is 8.01. The molecule has 1 fully saturated rings. The summed E-state index contributed by atoms with van der Waals surface area (Å²) >= 11 is 0. The highest BCUT2D eigenvalue weighted by Gasteiger charge is 2.24. The molecule has 4 nitrogen and oxygen atoms in total. The number of likely N-dealkylation sites (tertiary alicyclic amines) is 1. The van der Waals surface area contributed by atoms with Crippen LogP contribution in [0.2, 0.25) is 0 Å². The molecule has 1 saturated heterocycles. The molecule has 1 aromatic heterocycles. The van der Waals surface area contributed by atoms with E-state index in [1.165, 1.54) is 12.1 Å². The van der Waals surface area contributed by atoms with Crippen LogP contribution in [0.25, 0.3) is 16.8 Å². The van der Waals surface area contributed by atoms with Gasteiger partial charge in [0.05, 0.1) is 12.5 Å². The fourth-order valence-corrected chi connectivity index (χ4v) is 2.83. The van der Waals surface area contributed by atoms with Crippen molar-refractivity contribution >= 4 is 5.91 Å². The first-order valence-electron chi connectivity index (χ1n) is 8.01. The number of amides is 1.